The Morgan fingerprint density at radius 1 is 1.25 bits per heavy atom. The number of para-hydroxylation sites is 2. The van der Waals surface area contributed by atoms with E-state index in [1.807, 2.05) is 24.3 Å². The molecule has 85 valence electrons. The van der Waals surface area contributed by atoms with Crippen LogP contribution in [0, 0.1) is 6.58 Å². The van der Waals surface area contributed by atoms with Crippen LogP contribution >= 0.6 is 0 Å². The second-order valence-electron chi connectivity index (χ2n) is 4.02. The standard InChI is InChI=1S/C14H17O2/c1-2-3-4-5-8-12-11-15-13-9-6-7-10-14(13)16-12/h1-2,6-7,9-10,12H,3-5,8,11H2. The van der Waals surface area contributed by atoms with Crippen molar-refractivity contribution in [2.45, 2.75) is 31.8 Å². The monoisotopic (exact) mass is 217 g/mol. The van der Waals surface area contributed by atoms with Crippen LogP contribution < -0.4 is 9.47 Å². The van der Waals surface area contributed by atoms with Crippen molar-refractivity contribution in [3.05, 3.63) is 36.9 Å². The van der Waals surface area contributed by atoms with Crippen molar-refractivity contribution < 1.29 is 9.47 Å². The van der Waals surface area contributed by atoms with Crippen LogP contribution in [0.1, 0.15) is 25.7 Å². The third kappa shape index (κ3) is 2.78. The maximum atomic E-state index is 5.85. The number of ether oxygens (including phenoxy) is 2. The molecule has 1 radical (unpaired) electrons. The summed E-state index contributed by atoms with van der Waals surface area (Å²) in [6.45, 7) is 5.99. The second-order valence-corrected chi connectivity index (χ2v) is 4.02. The highest BCUT2D eigenvalue weighted by Crippen LogP contribution is 2.31. The summed E-state index contributed by atoms with van der Waals surface area (Å²) in [5, 5.41) is 0. The third-order valence-electron chi connectivity index (χ3n) is 2.71. The molecule has 16 heavy (non-hydrogen) atoms. The van der Waals surface area contributed by atoms with E-state index in [0.29, 0.717) is 6.61 Å². The van der Waals surface area contributed by atoms with Crippen molar-refractivity contribution in [1.29, 1.82) is 0 Å². The molecule has 1 aromatic carbocycles. The average molecular weight is 217 g/mol. The largest absolute Gasteiger partial charge is 0.486 e. The van der Waals surface area contributed by atoms with Gasteiger partial charge in [-0.1, -0.05) is 24.8 Å². The molecular weight excluding hydrogens is 200 g/mol. The molecule has 0 bridgehead atoms. The minimum absolute atomic E-state index is 0.188. The lowest BCUT2D eigenvalue weighted by molar-refractivity contribution is 0.0830. The minimum atomic E-state index is 0.188. The van der Waals surface area contributed by atoms with Crippen LogP contribution in [0.2, 0.25) is 0 Å². The average Bonchev–Trinajstić information content (AvgIpc) is 2.34. The van der Waals surface area contributed by atoms with E-state index < -0.39 is 0 Å². The number of unbranched alkanes of at least 4 members (excludes halogenated alkanes) is 2. The molecule has 2 rings (SSSR count). The summed E-state index contributed by atoms with van der Waals surface area (Å²) in [5.74, 6) is 1.72. The zero-order chi connectivity index (χ0) is 11.2. The lowest BCUT2D eigenvalue weighted by atomic mass is 10.1. The highest BCUT2D eigenvalue weighted by Gasteiger charge is 2.19. The van der Waals surface area contributed by atoms with Gasteiger partial charge in [0.05, 0.1) is 0 Å². The van der Waals surface area contributed by atoms with Crippen LogP contribution in [0.15, 0.2) is 30.3 Å². The number of allylic oxidation sites excluding steroid dienone is 1. The van der Waals surface area contributed by atoms with Crippen LogP contribution in [0.3, 0.4) is 0 Å². The molecule has 0 saturated carbocycles. The fraction of sp³-hybridized carbons (Fsp3) is 0.429. The van der Waals surface area contributed by atoms with E-state index >= 15 is 0 Å². The number of hydrogen-bond donors (Lipinski definition) is 0. The molecule has 0 aromatic heterocycles. The summed E-state index contributed by atoms with van der Waals surface area (Å²) < 4.78 is 11.5. The molecule has 1 heterocycles. The predicted octanol–water partition coefficient (Wildman–Crippen LogP) is 3.38. The van der Waals surface area contributed by atoms with Crippen molar-refractivity contribution in [3.63, 3.8) is 0 Å². The first-order chi connectivity index (χ1) is 7.90. The predicted molar refractivity (Wildman–Crippen MR) is 63.7 cm³/mol. The summed E-state index contributed by atoms with van der Waals surface area (Å²) in [7, 11) is 0. The van der Waals surface area contributed by atoms with Gasteiger partial charge in [0, 0.05) is 0 Å². The number of fused-ring (bicyclic) bond motifs is 1. The van der Waals surface area contributed by atoms with Crippen LogP contribution in [0.25, 0.3) is 0 Å². The van der Waals surface area contributed by atoms with Crippen LogP contribution in [-0.4, -0.2) is 12.7 Å². The normalized spacial score (nSPS) is 18.1. The van der Waals surface area contributed by atoms with Crippen molar-refractivity contribution in [2.75, 3.05) is 6.61 Å². The number of benzene rings is 1. The van der Waals surface area contributed by atoms with Gasteiger partial charge in [0.25, 0.3) is 0 Å². The Bertz CT molecular complexity index is 346. The van der Waals surface area contributed by atoms with Gasteiger partial charge in [0.15, 0.2) is 11.5 Å². The Kier molecular flexibility index (Phi) is 3.86. The van der Waals surface area contributed by atoms with E-state index in [9.17, 15) is 0 Å². The third-order valence-corrected chi connectivity index (χ3v) is 2.71. The fourth-order valence-corrected chi connectivity index (χ4v) is 1.84. The first-order valence-corrected chi connectivity index (χ1v) is 5.82. The van der Waals surface area contributed by atoms with Crippen molar-refractivity contribution in [1.82, 2.24) is 0 Å². The molecule has 1 aliphatic rings. The van der Waals surface area contributed by atoms with E-state index in [2.05, 4.69) is 0 Å². The second kappa shape index (κ2) is 5.59. The molecule has 0 aliphatic carbocycles. The molecular formula is C14H17O2. The molecule has 1 aromatic rings. The highest BCUT2D eigenvalue weighted by atomic mass is 16.6. The maximum Gasteiger partial charge on any atom is 0.161 e. The van der Waals surface area contributed by atoms with Gasteiger partial charge >= 0.3 is 0 Å². The summed E-state index contributed by atoms with van der Waals surface area (Å²) in [5.41, 5.74) is 0. The van der Waals surface area contributed by atoms with Crippen LogP contribution in [-0.2, 0) is 0 Å². The highest BCUT2D eigenvalue weighted by molar-refractivity contribution is 5.40. The van der Waals surface area contributed by atoms with E-state index in [1.165, 1.54) is 0 Å². The van der Waals surface area contributed by atoms with Crippen molar-refractivity contribution in [2.24, 2.45) is 0 Å². The maximum absolute atomic E-state index is 5.85. The first kappa shape index (κ1) is 11.1. The summed E-state index contributed by atoms with van der Waals surface area (Å²) in [6, 6.07) is 7.82. The Hall–Kier alpha value is -1.44. The quantitative estimate of drug-likeness (QED) is 0.704. The zero-order valence-electron chi connectivity index (χ0n) is 9.39. The summed E-state index contributed by atoms with van der Waals surface area (Å²) in [6.07, 6.45) is 6.16. The molecule has 0 N–H and O–H groups in total. The van der Waals surface area contributed by atoms with Gasteiger partial charge in [-0.3, -0.25) is 0 Å². The lowest BCUT2D eigenvalue weighted by Gasteiger charge is -2.26. The van der Waals surface area contributed by atoms with Crippen molar-refractivity contribution >= 4 is 0 Å². The molecule has 2 nitrogen and oxygen atoms in total. The summed E-state index contributed by atoms with van der Waals surface area (Å²) >= 11 is 0. The first-order valence-electron chi connectivity index (χ1n) is 5.82. The molecule has 1 atom stereocenters. The Balaban J connectivity index is 1.81. The van der Waals surface area contributed by atoms with Gasteiger partial charge in [-0.25, -0.2) is 0 Å². The topological polar surface area (TPSA) is 18.5 Å². The fourth-order valence-electron chi connectivity index (χ4n) is 1.84. The van der Waals surface area contributed by atoms with E-state index in [4.69, 9.17) is 16.1 Å². The Morgan fingerprint density at radius 3 is 2.88 bits per heavy atom. The Morgan fingerprint density at radius 2 is 2.06 bits per heavy atom. The van der Waals surface area contributed by atoms with Crippen molar-refractivity contribution in [3.8, 4) is 11.5 Å². The molecule has 1 aliphatic heterocycles. The smallest absolute Gasteiger partial charge is 0.161 e. The van der Waals surface area contributed by atoms with E-state index in [0.717, 1.165) is 37.2 Å². The molecule has 1 unspecified atom stereocenters. The van der Waals surface area contributed by atoms with Gasteiger partial charge < -0.3 is 9.47 Å². The summed E-state index contributed by atoms with van der Waals surface area (Å²) in [4.78, 5) is 0. The number of hydrogen-bond acceptors (Lipinski definition) is 2. The van der Waals surface area contributed by atoms with Crippen LogP contribution in [0.4, 0.5) is 0 Å². The molecule has 0 fully saturated rings. The van der Waals surface area contributed by atoms with E-state index in [1.54, 1.807) is 6.08 Å². The minimum Gasteiger partial charge on any atom is -0.486 e. The lowest BCUT2D eigenvalue weighted by Crippen LogP contribution is -2.28. The molecule has 0 saturated heterocycles. The SMILES string of the molecule is [CH]=CCCCCC1COc2ccccc2O1. The van der Waals surface area contributed by atoms with Gasteiger partial charge in [-0.05, 0) is 37.8 Å². The van der Waals surface area contributed by atoms with Gasteiger partial charge in [0.2, 0.25) is 0 Å². The van der Waals surface area contributed by atoms with Gasteiger partial charge in [-0.15, -0.1) is 0 Å². The zero-order valence-corrected chi connectivity index (χ0v) is 9.39. The molecule has 0 spiro atoms. The van der Waals surface area contributed by atoms with Gasteiger partial charge in [0.1, 0.15) is 12.7 Å². The molecule has 2 heteroatoms. The number of rotatable bonds is 5. The van der Waals surface area contributed by atoms with Gasteiger partial charge in [-0.2, -0.15) is 0 Å². The van der Waals surface area contributed by atoms with E-state index in [-0.39, 0.29) is 6.10 Å². The Labute approximate surface area is 96.9 Å². The van der Waals surface area contributed by atoms with Crippen LogP contribution in [0.5, 0.6) is 11.5 Å². The molecule has 0 amide bonds.